The van der Waals surface area contributed by atoms with Gasteiger partial charge in [0.1, 0.15) is 0 Å². The van der Waals surface area contributed by atoms with Crippen LogP contribution in [0.15, 0.2) is 15.9 Å². The number of rotatable bonds is 4. The van der Waals surface area contributed by atoms with Crippen molar-refractivity contribution in [1.82, 2.24) is 4.90 Å². The molecule has 1 atom stereocenters. The van der Waals surface area contributed by atoms with Gasteiger partial charge in [-0.3, -0.25) is 4.79 Å². The zero-order valence-corrected chi connectivity index (χ0v) is 11.4. The molecule has 1 unspecified atom stereocenters. The van der Waals surface area contributed by atoms with Crippen LogP contribution >= 0.6 is 27.3 Å². The molecule has 1 heterocycles. The van der Waals surface area contributed by atoms with Crippen LogP contribution in [0.2, 0.25) is 0 Å². The summed E-state index contributed by atoms with van der Waals surface area (Å²) >= 11 is 4.78. The van der Waals surface area contributed by atoms with Gasteiger partial charge in [0.05, 0.1) is 21.3 Å². The molecule has 1 aromatic heterocycles. The van der Waals surface area contributed by atoms with Crippen LogP contribution in [0.25, 0.3) is 0 Å². The van der Waals surface area contributed by atoms with Crippen molar-refractivity contribution in [1.29, 1.82) is 0 Å². The van der Waals surface area contributed by atoms with E-state index in [2.05, 4.69) is 15.9 Å². The number of nitrogens with zero attached hydrogens (tertiary/aromatic N) is 1. The lowest BCUT2D eigenvalue weighted by Crippen LogP contribution is -2.37. The van der Waals surface area contributed by atoms with Gasteiger partial charge < -0.3 is 9.64 Å². The third kappa shape index (κ3) is 3.29. The largest absolute Gasteiger partial charge is 0.383 e. The van der Waals surface area contributed by atoms with Crippen LogP contribution in [0.4, 0.5) is 0 Å². The normalized spacial score (nSPS) is 12.5. The first kappa shape index (κ1) is 12.7. The van der Waals surface area contributed by atoms with Crippen LogP contribution in [-0.2, 0) is 4.74 Å². The Balaban J connectivity index is 2.68. The van der Waals surface area contributed by atoms with E-state index in [0.29, 0.717) is 6.61 Å². The van der Waals surface area contributed by atoms with Crippen molar-refractivity contribution in [3.63, 3.8) is 0 Å². The van der Waals surface area contributed by atoms with Crippen LogP contribution in [0.3, 0.4) is 0 Å². The third-order valence-electron chi connectivity index (χ3n) is 2.17. The Morgan fingerprint density at radius 2 is 2.33 bits per heavy atom. The van der Waals surface area contributed by atoms with Crippen molar-refractivity contribution < 1.29 is 9.53 Å². The highest BCUT2D eigenvalue weighted by Crippen LogP contribution is 2.23. The van der Waals surface area contributed by atoms with E-state index >= 15 is 0 Å². The quantitative estimate of drug-likeness (QED) is 0.853. The number of carbonyl (C=O) groups excluding carboxylic acids is 1. The summed E-state index contributed by atoms with van der Waals surface area (Å²) in [4.78, 5) is 14.4. The van der Waals surface area contributed by atoms with Crippen molar-refractivity contribution in [2.45, 2.75) is 13.0 Å². The molecule has 1 rings (SSSR count). The first-order chi connectivity index (χ1) is 7.06. The molecule has 0 aliphatic heterocycles. The minimum atomic E-state index is 0.0373. The van der Waals surface area contributed by atoms with Crippen molar-refractivity contribution in [3.05, 3.63) is 20.8 Å². The summed E-state index contributed by atoms with van der Waals surface area (Å²) in [5.41, 5.74) is 0. The molecule has 1 amide bonds. The number of amides is 1. The predicted octanol–water partition coefficient (Wildman–Crippen LogP) is 2.62. The van der Waals surface area contributed by atoms with E-state index in [-0.39, 0.29) is 11.9 Å². The summed E-state index contributed by atoms with van der Waals surface area (Å²) in [6, 6.07) is 3.79. The van der Waals surface area contributed by atoms with Gasteiger partial charge in [-0.25, -0.2) is 0 Å². The zero-order chi connectivity index (χ0) is 11.4. The minimum absolute atomic E-state index is 0.0373. The minimum Gasteiger partial charge on any atom is -0.383 e. The molecule has 15 heavy (non-hydrogen) atoms. The maximum atomic E-state index is 11.9. The average Bonchev–Trinajstić information content (AvgIpc) is 2.63. The van der Waals surface area contributed by atoms with Crippen molar-refractivity contribution in [3.8, 4) is 0 Å². The highest BCUT2D eigenvalue weighted by atomic mass is 79.9. The SMILES string of the molecule is COCC(C)N(C)C(=O)c1ccc(Br)s1. The molecule has 0 fully saturated rings. The van der Waals surface area contributed by atoms with E-state index in [1.54, 1.807) is 19.1 Å². The molecule has 0 aliphatic rings. The van der Waals surface area contributed by atoms with Gasteiger partial charge in [0.15, 0.2) is 0 Å². The Kier molecular flexibility index (Phi) is 4.76. The van der Waals surface area contributed by atoms with E-state index in [9.17, 15) is 4.79 Å². The van der Waals surface area contributed by atoms with Gasteiger partial charge in [0, 0.05) is 14.2 Å². The Labute approximate surface area is 102 Å². The molecule has 0 aromatic carbocycles. The Morgan fingerprint density at radius 1 is 1.67 bits per heavy atom. The number of hydrogen-bond donors (Lipinski definition) is 0. The fraction of sp³-hybridized carbons (Fsp3) is 0.500. The van der Waals surface area contributed by atoms with Gasteiger partial charge in [-0.05, 0) is 35.0 Å². The summed E-state index contributed by atoms with van der Waals surface area (Å²) < 4.78 is 5.99. The van der Waals surface area contributed by atoms with Gasteiger partial charge in [0.2, 0.25) is 0 Å². The van der Waals surface area contributed by atoms with Gasteiger partial charge in [-0.2, -0.15) is 0 Å². The molecule has 84 valence electrons. The van der Waals surface area contributed by atoms with Crippen LogP contribution in [-0.4, -0.2) is 37.6 Å². The molecule has 1 aromatic rings. The summed E-state index contributed by atoms with van der Waals surface area (Å²) in [5.74, 6) is 0.0373. The third-order valence-corrected chi connectivity index (χ3v) is 3.79. The lowest BCUT2D eigenvalue weighted by atomic mass is 10.3. The number of ether oxygens (including phenoxy) is 1. The van der Waals surface area contributed by atoms with Gasteiger partial charge in [-0.1, -0.05) is 0 Å². The number of halogens is 1. The van der Waals surface area contributed by atoms with Crippen molar-refractivity contribution in [2.24, 2.45) is 0 Å². The van der Waals surface area contributed by atoms with Gasteiger partial charge >= 0.3 is 0 Å². The molecule has 0 saturated carbocycles. The summed E-state index contributed by atoms with van der Waals surface area (Å²) in [6.07, 6.45) is 0. The smallest absolute Gasteiger partial charge is 0.264 e. The van der Waals surface area contributed by atoms with Crippen LogP contribution in [0.1, 0.15) is 16.6 Å². The fourth-order valence-corrected chi connectivity index (χ4v) is 2.53. The Hall–Kier alpha value is -0.390. The molecule has 0 saturated heterocycles. The summed E-state index contributed by atoms with van der Waals surface area (Å²) in [7, 11) is 3.43. The lowest BCUT2D eigenvalue weighted by molar-refractivity contribution is 0.0638. The molecule has 3 nitrogen and oxygen atoms in total. The van der Waals surface area contributed by atoms with Crippen molar-refractivity contribution in [2.75, 3.05) is 20.8 Å². The van der Waals surface area contributed by atoms with Crippen molar-refractivity contribution >= 4 is 33.2 Å². The number of carbonyl (C=O) groups is 1. The second kappa shape index (κ2) is 5.63. The van der Waals surface area contributed by atoms with E-state index in [1.807, 2.05) is 19.1 Å². The van der Waals surface area contributed by atoms with Crippen LogP contribution in [0, 0.1) is 0 Å². The first-order valence-electron chi connectivity index (χ1n) is 4.57. The highest BCUT2D eigenvalue weighted by Gasteiger charge is 2.18. The highest BCUT2D eigenvalue weighted by molar-refractivity contribution is 9.11. The maximum absolute atomic E-state index is 11.9. The van der Waals surface area contributed by atoms with E-state index < -0.39 is 0 Å². The average molecular weight is 292 g/mol. The van der Waals surface area contributed by atoms with E-state index in [4.69, 9.17) is 4.74 Å². The Morgan fingerprint density at radius 3 is 2.80 bits per heavy atom. The summed E-state index contributed by atoms with van der Waals surface area (Å²) in [5, 5.41) is 0. The van der Waals surface area contributed by atoms with E-state index in [0.717, 1.165) is 8.66 Å². The molecule has 0 aliphatic carbocycles. The maximum Gasteiger partial charge on any atom is 0.264 e. The second-order valence-electron chi connectivity index (χ2n) is 3.32. The predicted molar refractivity (Wildman–Crippen MR) is 65.5 cm³/mol. The molecule has 0 bridgehead atoms. The molecular weight excluding hydrogens is 278 g/mol. The topological polar surface area (TPSA) is 29.5 Å². The summed E-state index contributed by atoms with van der Waals surface area (Å²) in [6.45, 7) is 2.51. The van der Waals surface area contributed by atoms with Crippen LogP contribution in [0.5, 0.6) is 0 Å². The molecule has 0 N–H and O–H groups in total. The number of thiophene rings is 1. The number of likely N-dealkylation sites (N-methyl/N-ethyl adjacent to an activating group) is 1. The van der Waals surface area contributed by atoms with Crippen LogP contribution < -0.4 is 0 Å². The zero-order valence-electron chi connectivity index (χ0n) is 8.99. The molecule has 0 spiro atoms. The monoisotopic (exact) mass is 291 g/mol. The second-order valence-corrected chi connectivity index (χ2v) is 5.79. The molecule has 0 radical (unpaired) electrons. The molecule has 5 heteroatoms. The van der Waals surface area contributed by atoms with E-state index in [1.165, 1.54) is 11.3 Å². The standard InChI is InChI=1S/C10H14BrNO2S/c1-7(6-14-3)12(2)10(13)8-4-5-9(11)15-8/h4-5,7H,6H2,1-3H3. The number of methoxy groups -OCH3 is 1. The Bertz CT molecular complexity index is 340. The van der Waals surface area contributed by atoms with Gasteiger partial charge in [0.25, 0.3) is 5.91 Å². The fourth-order valence-electron chi connectivity index (χ4n) is 1.16. The van der Waals surface area contributed by atoms with Gasteiger partial charge in [-0.15, -0.1) is 11.3 Å². The molecular formula is C10H14BrNO2S. The number of hydrogen-bond acceptors (Lipinski definition) is 3. The first-order valence-corrected chi connectivity index (χ1v) is 6.18. The lowest BCUT2D eigenvalue weighted by Gasteiger charge is -2.23.